The predicted octanol–water partition coefficient (Wildman–Crippen LogP) is 4.80. The number of aryl methyl sites for hydroxylation is 1. The van der Waals surface area contributed by atoms with Crippen molar-refractivity contribution < 1.29 is 9.59 Å². The maximum absolute atomic E-state index is 13.1. The molecule has 3 aromatic rings. The average molecular weight is 408 g/mol. The zero-order chi connectivity index (χ0) is 20.8. The number of anilines is 2. The number of carbonyl (C=O) groups is 2. The molecule has 0 saturated heterocycles. The van der Waals surface area contributed by atoms with E-state index in [4.69, 9.17) is 11.6 Å². The van der Waals surface area contributed by atoms with Gasteiger partial charge in [0.1, 0.15) is 6.04 Å². The molecule has 3 N–H and O–H groups in total. The summed E-state index contributed by atoms with van der Waals surface area (Å²) >= 11 is 6.18. The minimum absolute atomic E-state index is 0.191. The van der Waals surface area contributed by atoms with Crippen molar-refractivity contribution in [3.8, 4) is 0 Å². The number of hydrogen-bond donors (Lipinski definition) is 3. The summed E-state index contributed by atoms with van der Waals surface area (Å²) in [6.45, 7) is 1.90. The third-order valence-corrected chi connectivity index (χ3v) is 4.90. The lowest BCUT2D eigenvalue weighted by Crippen LogP contribution is -2.27. The molecule has 148 valence electrons. The standard InChI is InChI=1S/C23H22ClN3O2/c1-15-11-12-19(14-20(15)24)27-23(29)21(16-7-4-3-5-8-16)26-18-10-6-9-17(13-18)22(28)25-2/h3-14,21,26H,1-2H3,(H,25,28)(H,27,29)/t21-/m1/s1. The van der Waals surface area contributed by atoms with Crippen LogP contribution in [-0.4, -0.2) is 18.9 Å². The van der Waals surface area contributed by atoms with E-state index in [-0.39, 0.29) is 11.8 Å². The molecule has 0 bridgehead atoms. The summed E-state index contributed by atoms with van der Waals surface area (Å²) in [5.74, 6) is -0.426. The molecular formula is C23H22ClN3O2. The van der Waals surface area contributed by atoms with Crippen molar-refractivity contribution in [2.24, 2.45) is 0 Å². The second-order valence-electron chi connectivity index (χ2n) is 6.60. The number of halogens is 1. The van der Waals surface area contributed by atoms with Crippen LogP contribution in [0.5, 0.6) is 0 Å². The monoisotopic (exact) mass is 407 g/mol. The Kier molecular flexibility index (Phi) is 6.52. The highest BCUT2D eigenvalue weighted by atomic mass is 35.5. The Morgan fingerprint density at radius 3 is 2.34 bits per heavy atom. The SMILES string of the molecule is CNC(=O)c1cccc(N[C@@H](C(=O)Nc2ccc(C)c(Cl)c2)c2ccccc2)c1. The Morgan fingerprint density at radius 1 is 0.897 bits per heavy atom. The summed E-state index contributed by atoms with van der Waals surface area (Å²) < 4.78 is 0. The van der Waals surface area contributed by atoms with Gasteiger partial charge in [0.2, 0.25) is 0 Å². The van der Waals surface area contributed by atoms with Crippen LogP contribution in [0.3, 0.4) is 0 Å². The summed E-state index contributed by atoms with van der Waals surface area (Å²) in [5.41, 5.74) is 3.53. The molecular weight excluding hydrogens is 386 g/mol. The van der Waals surface area contributed by atoms with Gasteiger partial charge in [0, 0.05) is 29.0 Å². The van der Waals surface area contributed by atoms with Gasteiger partial charge < -0.3 is 16.0 Å². The number of amides is 2. The largest absolute Gasteiger partial charge is 0.370 e. The average Bonchev–Trinajstić information content (AvgIpc) is 2.74. The fourth-order valence-electron chi connectivity index (χ4n) is 2.89. The summed E-state index contributed by atoms with van der Waals surface area (Å²) in [6.07, 6.45) is 0. The van der Waals surface area contributed by atoms with E-state index < -0.39 is 6.04 Å². The van der Waals surface area contributed by atoms with E-state index in [0.717, 1.165) is 11.1 Å². The van der Waals surface area contributed by atoms with Gasteiger partial charge in [-0.2, -0.15) is 0 Å². The second-order valence-corrected chi connectivity index (χ2v) is 7.01. The van der Waals surface area contributed by atoms with E-state index in [9.17, 15) is 9.59 Å². The molecule has 0 aliphatic heterocycles. The first-order valence-corrected chi connectivity index (χ1v) is 9.56. The van der Waals surface area contributed by atoms with Crippen LogP contribution in [0.15, 0.2) is 72.8 Å². The van der Waals surface area contributed by atoms with Crippen molar-refractivity contribution in [2.75, 3.05) is 17.7 Å². The normalized spacial score (nSPS) is 11.4. The van der Waals surface area contributed by atoms with Crippen LogP contribution in [0.25, 0.3) is 0 Å². The molecule has 0 unspecified atom stereocenters. The molecule has 0 aromatic heterocycles. The molecule has 0 spiro atoms. The van der Waals surface area contributed by atoms with Crippen LogP contribution < -0.4 is 16.0 Å². The van der Waals surface area contributed by atoms with Crippen molar-refractivity contribution in [2.45, 2.75) is 13.0 Å². The lowest BCUT2D eigenvalue weighted by Gasteiger charge is -2.20. The van der Waals surface area contributed by atoms with E-state index in [1.807, 2.05) is 55.5 Å². The molecule has 0 heterocycles. The Hall–Kier alpha value is -3.31. The Morgan fingerprint density at radius 2 is 1.66 bits per heavy atom. The fourth-order valence-corrected chi connectivity index (χ4v) is 3.07. The summed E-state index contributed by atoms with van der Waals surface area (Å²) in [5, 5.41) is 9.34. The van der Waals surface area contributed by atoms with Crippen molar-refractivity contribution >= 4 is 34.8 Å². The van der Waals surface area contributed by atoms with Gasteiger partial charge in [-0.25, -0.2) is 0 Å². The van der Waals surface area contributed by atoms with E-state index in [0.29, 0.717) is 22.0 Å². The Labute approximate surface area is 175 Å². The fraction of sp³-hybridized carbons (Fsp3) is 0.130. The number of rotatable bonds is 6. The smallest absolute Gasteiger partial charge is 0.251 e. The lowest BCUT2D eigenvalue weighted by atomic mass is 10.0. The van der Waals surface area contributed by atoms with E-state index in [2.05, 4.69) is 16.0 Å². The van der Waals surface area contributed by atoms with Crippen LogP contribution in [0.2, 0.25) is 5.02 Å². The molecule has 1 atom stereocenters. The molecule has 5 nitrogen and oxygen atoms in total. The van der Waals surface area contributed by atoms with Crippen molar-refractivity contribution in [3.63, 3.8) is 0 Å². The van der Waals surface area contributed by atoms with Gasteiger partial charge in [-0.05, 0) is 48.4 Å². The molecule has 2 amide bonds. The minimum atomic E-state index is -0.656. The highest BCUT2D eigenvalue weighted by molar-refractivity contribution is 6.31. The highest BCUT2D eigenvalue weighted by Gasteiger charge is 2.21. The summed E-state index contributed by atoms with van der Waals surface area (Å²) in [4.78, 5) is 25.0. The molecule has 0 aliphatic carbocycles. The van der Waals surface area contributed by atoms with Crippen molar-refractivity contribution in [1.29, 1.82) is 0 Å². The molecule has 3 rings (SSSR count). The summed E-state index contributed by atoms with van der Waals surface area (Å²) in [7, 11) is 1.58. The van der Waals surface area contributed by atoms with Gasteiger partial charge in [0.15, 0.2) is 0 Å². The molecule has 0 saturated carbocycles. The first kappa shape index (κ1) is 20.4. The molecule has 3 aromatic carbocycles. The number of carbonyl (C=O) groups excluding carboxylic acids is 2. The van der Waals surface area contributed by atoms with Gasteiger partial charge >= 0.3 is 0 Å². The van der Waals surface area contributed by atoms with Crippen LogP contribution in [0, 0.1) is 6.92 Å². The molecule has 6 heteroatoms. The van der Waals surface area contributed by atoms with E-state index in [1.165, 1.54) is 0 Å². The second kappa shape index (κ2) is 9.26. The van der Waals surface area contributed by atoms with Crippen molar-refractivity contribution in [1.82, 2.24) is 5.32 Å². The number of benzene rings is 3. The Balaban J connectivity index is 1.88. The first-order valence-electron chi connectivity index (χ1n) is 9.18. The summed E-state index contributed by atoms with van der Waals surface area (Å²) in [6, 6.07) is 21.2. The van der Waals surface area contributed by atoms with Gasteiger partial charge in [0.05, 0.1) is 0 Å². The number of nitrogens with one attached hydrogen (secondary N) is 3. The first-order chi connectivity index (χ1) is 14.0. The van der Waals surface area contributed by atoms with Gasteiger partial charge in [-0.3, -0.25) is 9.59 Å². The Bertz CT molecular complexity index is 1020. The third kappa shape index (κ3) is 5.15. The molecule has 0 fully saturated rings. The maximum atomic E-state index is 13.1. The van der Waals surface area contributed by atoms with Crippen LogP contribution in [0.1, 0.15) is 27.5 Å². The quantitative estimate of drug-likeness (QED) is 0.549. The van der Waals surface area contributed by atoms with E-state index >= 15 is 0 Å². The maximum Gasteiger partial charge on any atom is 0.251 e. The van der Waals surface area contributed by atoms with Gasteiger partial charge in [0.25, 0.3) is 11.8 Å². The van der Waals surface area contributed by atoms with Gasteiger partial charge in [-0.1, -0.05) is 54.1 Å². The zero-order valence-electron chi connectivity index (χ0n) is 16.2. The predicted molar refractivity (Wildman–Crippen MR) is 117 cm³/mol. The molecule has 29 heavy (non-hydrogen) atoms. The van der Waals surface area contributed by atoms with Crippen LogP contribution >= 0.6 is 11.6 Å². The number of hydrogen-bond acceptors (Lipinski definition) is 3. The van der Waals surface area contributed by atoms with E-state index in [1.54, 1.807) is 31.3 Å². The minimum Gasteiger partial charge on any atom is -0.370 e. The zero-order valence-corrected chi connectivity index (χ0v) is 17.0. The van der Waals surface area contributed by atoms with Crippen molar-refractivity contribution in [3.05, 3.63) is 94.5 Å². The molecule has 0 radical (unpaired) electrons. The van der Waals surface area contributed by atoms with Crippen LogP contribution in [-0.2, 0) is 4.79 Å². The van der Waals surface area contributed by atoms with Crippen LogP contribution in [0.4, 0.5) is 11.4 Å². The third-order valence-electron chi connectivity index (χ3n) is 4.50. The molecule has 0 aliphatic rings. The highest BCUT2D eigenvalue weighted by Crippen LogP contribution is 2.24. The van der Waals surface area contributed by atoms with Gasteiger partial charge in [-0.15, -0.1) is 0 Å². The lowest BCUT2D eigenvalue weighted by molar-refractivity contribution is -0.117. The topological polar surface area (TPSA) is 70.2 Å².